The number of benzene rings is 2. The SMILES string of the molecule is CN1C(=O)NC(=O)C2C1N=C(N1CCN(Cc3ccc(Cl)cc3)CC1)N2Cc1ccccc1Cl. The van der Waals surface area contributed by atoms with Gasteiger partial charge in [0.15, 0.2) is 18.2 Å². The molecule has 2 aromatic carbocycles. The molecule has 3 aliphatic heterocycles. The molecule has 0 aliphatic carbocycles. The fourth-order valence-corrected chi connectivity index (χ4v) is 5.03. The Labute approximate surface area is 208 Å². The molecule has 34 heavy (non-hydrogen) atoms. The number of guanidine groups is 1. The van der Waals surface area contributed by atoms with Crippen LogP contribution in [-0.4, -0.2) is 82.9 Å². The molecule has 2 atom stereocenters. The highest BCUT2D eigenvalue weighted by molar-refractivity contribution is 6.31. The second-order valence-electron chi connectivity index (χ2n) is 8.80. The molecule has 3 aliphatic rings. The molecular weight excluding hydrogens is 475 g/mol. The first-order valence-corrected chi connectivity index (χ1v) is 12.0. The molecule has 0 spiro atoms. The Morgan fingerprint density at radius 2 is 1.68 bits per heavy atom. The van der Waals surface area contributed by atoms with E-state index in [2.05, 4.69) is 27.2 Å². The summed E-state index contributed by atoms with van der Waals surface area (Å²) in [5.41, 5.74) is 2.13. The van der Waals surface area contributed by atoms with Crippen LogP contribution < -0.4 is 5.32 Å². The molecule has 0 aromatic heterocycles. The van der Waals surface area contributed by atoms with Crippen molar-refractivity contribution in [2.45, 2.75) is 25.3 Å². The van der Waals surface area contributed by atoms with Crippen LogP contribution in [-0.2, 0) is 17.9 Å². The summed E-state index contributed by atoms with van der Waals surface area (Å²) >= 11 is 12.5. The number of hydrogen-bond acceptors (Lipinski definition) is 6. The summed E-state index contributed by atoms with van der Waals surface area (Å²) in [4.78, 5) is 38.1. The number of urea groups is 1. The van der Waals surface area contributed by atoms with Gasteiger partial charge < -0.3 is 14.7 Å². The number of imide groups is 1. The number of nitrogens with one attached hydrogen (secondary N) is 1. The summed E-state index contributed by atoms with van der Waals surface area (Å²) in [6.07, 6.45) is -0.564. The van der Waals surface area contributed by atoms with E-state index < -0.39 is 18.2 Å². The van der Waals surface area contributed by atoms with E-state index in [0.29, 0.717) is 11.6 Å². The monoisotopic (exact) mass is 500 g/mol. The molecular formula is C24H26Cl2N6O2. The lowest BCUT2D eigenvalue weighted by Gasteiger charge is -2.40. The van der Waals surface area contributed by atoms with E-state index in [0.717, 1.165) is 49.3 Å². The van der Waals surface area contributed by atoms with Gasteiger partial charge in [-0.25, -0.2) is 9.79 Å². The van der Waals surface area contributed by atoms with E-state index in [1.165, 1.54) is 10.5 Å². The Morgan fingerprint density at radius 3 is 2.38 bits per heavy atom. The normalized spacial score (nSPS) is 23.1. The maximum absolute atomic E-state index is 12.9. The van der Waals surface area contributed by atoms with Crippen molar-refractivity contribution in [3.05, 3.63) is 69.7 Å². The van der Waals surface area contributed by atoms with Crippen molar-refractivity contribution < 1.29 is 9.59 Å². The number of rotatable bonds is 4. The molecule has 2 fully saturated rings. The van der Waals surface area contributed by atoms with Crippen LogP contribution in [0, 0.1) is 0 Å². The summed E-state index contributed by atoms with van der Waals surface area (Å²) in [7, 11) is 1.67. The van der Waals surface area contributed by atoms with Gasteiger partial charge in [0.2, 0.25) is 0 Å². The van der Waals surface area contributed by atoms with Crippen LogP contribution in [0.3, 0.4) is 0 Å². The first kappa shape index (κ1) is 23.0. The highest BCUT2D eigenvalue weighted by Crippen LogP contribution is 2.29. The predicted octanol–water partition coefficient (Wildman–Crippen LogP) is 2.86. The number of aliphatic imine (C=N–C) groups is 1. The molecule has 0 bridgehead atoms. The highest BCUT2D eigenvalue weighted by atomic mass is 35.5. The topological polar surface area (TPSA) is 71.5 Å². The number of nitrogens with zero attached hydrogens (tertiary/aromatic N) is 5. The van der Waals surface area contributed by atoms with Crippen molar-refractivity contribution in [1.29, 1.82) is 0 Å². The zero-order valence-corrected chi connectivity index (χ0v) is 20.3. The van der Waals surface area contributed by atoms with Gasteiger partial charge in [0.05, 0.1) is 0 Å². The van der Waals surface area contributed by atoms with Crippen LogP contribution >= 0.6 is 23.2 Å². The molecule has 3 heterocycles. The summed E-state index contributed by atoms with van der Waals surface area (Å²) < 4.78 is 0. The maximum atomic E-state index is 12.9. The molecule has 0 saturated carbocycles. The average Bonchev–Trinajstić information content (AvgIpc) is 3.21. The maximum Gasteiger partial charge on any atom is 0.325 e. The first-order chi connectivity index (χ1) is 16.4. The number of amides is 3. The smallest absolute Gasteiger partial charge is 0.325 e. The van der Waals surface area contributed by atoms with Gasteiger partial charge in [-0.15, -0.1) is 0 Å². The number of hydrogen-bond donors (Lipinski definition) is 1. The quantitative estimate of drug-likeness (QED) is 0.698. The molecule has 8 nitrogen and oxygen atoms in total. The minimum atomic E-state index is -0.596. The Hall–Kier alpha value is -2.81. The van der Waals surface area contributed by atoms with Crippen molar-refractivity contribution in [2.24, 2.45) is 4.99 Å². The summed E-state index contributed by atoms with van der Waals surface area (Å²) in [6.45, 7) is 4.54. The number of likely N-dealkylation sites (N-methyl/N-ethyl adjacent to an activating group) is 1. The molecule has 10 heteroatoms. The molecule has 2 aromatic rings. The minimum Gasteiger partial charge on any atom is -0.340 e. The van der Waals surface area contributed by atoms with Crippen LogP contribution in [0.1, 0.15) is 11.1 Å². The number of fused-ring (bicyclic) bond motifs is 1. The zero-order valence-electron chi connectivity index (χ0n) is 18.8. The van der Waals surface area contributed by atoms with Gasteiger partial charge in [0.1, 0.15) is 0 Å². The fourth-order valence-electron chi connectivity index (χ4n) is 4.71. The van der Waals surface area contributed by atoms with Crippen LogP contribution in [0.4, 0.5) is 4.79 Å². The third-order valence-corrected chi connectivity index (χ3v) is 7.23. The number of carbonyl (C=O) groups excluding carboxylic acids is 2. The van der Waals surface area contributed by atoms with Crippen molar-refractivity contribution in [1.82, 2.24) is 24.9 Å². The van der Waals surface area contributed by atoms with E-state index in [-0.39, 0.29) is 5.91 Å². The molecule has 2 unspecified atom stereocenters. The first-order valence-electron chi connectivity index (χ1n) is 11.3. The molecule has 3 amide bonds. The lowest BCUT2D eigenvalue weighted by Crippen LogP contribution is -2.64. The Bertz CT molecular complexity index is 1120. The van der Waals surface area contributed by atoms with Gasteiger partial charge in [-0.3, -0.25) is 15.0 Å². The van der Waals surface area contributed by atoms with Crippen LogP contribution in [0.25, 0.3) is 0 Å². The predicted molar refractivity (Wildman–Crippen MR) is 132 cm³/mol. The lowest BCUT2D eigenvalue weighted by atomic mass is 10.1. The van der Waals surface area contributed by atoms with Crippen molar-refractivity contribution in [2.75, 3.05) is 33.2 Å². The van der Waals surface area contributed by atoms with E-state index in [4.69, 9.17) is 28.2 Å². The Kier molecular flexibility index (Phi) is 6.38. The molecule has 1 N–H and O–H groups in total. The molecule has 178 valence electrons. The minimum absolute atomic E-state index is 0.333. The fraction of sp³-hybridized carbons (Fsp3) is 0.375. The Morgan fingerprint density at radius 1 is 0.971 bits per heavy atom. The van der Waals surface area contributed by atoms with Gasteiger partial charge >= 0.3 is 6.03 Å². The summed E-state index contributed by atoms with van der Waals surface area (Å²) in [5, 5.41) is 3.83. The molecule has 0 radical (unpaired) electrons. The van der Waals surface area contributed by atoms with Gasteiger partial charge in [-0.05, 0) is 29.3 Å². The largest absolute Gasteiger partial charge is 0.340 e. The second kappa shape index (κ2) is 9.44. The van der Waals surface area contributed by atoms with E-state index >= 15 is 0 Å². The van der Waals surface area contributed by atoms with Crippen molar-refractivity contribution in [3.8, 4) is 0 Å². The summed E-state index contributed by atoms with van der Waals surface area (Å²) in [6, 6.07) is 14.5. The molecule has 5 rings (SSSR count). The van der Waals surface area contributed by atoms with E-state index in [9.17, 15) is 9.59 Å². The number of carbonyl (C=O) groups is 2. The number of halogens is 2. The van der Waals surface area contributed by atoms with Gasteiger partial charge in [-0.1, -0.05) is 53.5 Å². The third kappa shape index (κ3) is 4.45. The Balaban J connectivity index is 1.35. The van der Waals surface area contributed by atoms with Crippen molar-refractivity contribution >= 4 is 41.1 Å². The highest BCUT2D eigenvalue weighted by Gasteiger charge is 2.50. The van der Waals surface area contributed by atoms with Crippen molar-refractivity contribution in [3.63, 3.8) is 0 Å². The van der Waals surface area contributed by atoms with Gasteiger partial charge in [-0.2, -0.15) is 0 Å². The standard InChI is InChI=1S/C24H26Cl2N6O2/c1-29-21-20(22(33)28-24(29)34)32(15-17-4-2-3-5-19(17)26)23(27-21)31-12-10-30(11-13-31)14-16-6-8-18(25)9-7-16/h2-9,20-21H,10-15H2,1H3,(H,28,33,34). The van der Waals surface area contributed by atoms with Crippen LogP contribution in [0.5, 0.6) is 0 Å². The summed E-state index contributed by atoms with van der Waals surface area (Å²) in [5.74, 6) is 0.401. The third-order valence-electron chi connectivity index (χ3n) is 6.61. The molecule has 2 saturated heterocycles. The van der Waals surface area contributed by atoms with Gasteiger partial charge in [0, 0.05) is 56.4 Å². The van der Waals surface area contributed by atoms with Crippen LogP contribution in [0.2, 0.25) is 10.0 Å². The van der Waals surface area contributed by atoms with Crippen LogP contribution in [0.15, 0.2) is 53.5 Å². The number of piperazine rings is 1. The average molecular weight is 501 g/mol. The van der Waals surface area contributed by atoms with Gasteiger partial charge in [0.25, 0.3) is 5.91 Å². The lowest BCUT2D eigenvalue weighted by molar-refractivity contribution is -0.127. The van der Waals surface area contributed by atoms with E-state index in [1.807, 2.05) is 41.3 Å². The van der Waals surface area contributed by atoms with E-state index in [1.54, 1.807) is 7.05 Å². The zero-order chi connectivity index (χ0) is 23.8. The second-order valence-corrected chi connectivity index (χ2v) is 9.65.